The highest BCUT2D eigenvalue weighted by Gasteiger charge is 2.20. The van der Waals surface area contributed by atoms with Crippen LogP contribution in [-0.4, -0.2) is 12.4 Å². The first kappa shape index (κ1) is 14.3. The molecule has 2 aromatic carbocycles. The number of carbonyl (C=O) groups excluding carboxylic acids is 1. The molecule has 0 spiro atoms. The van der Waals surface area contributed by atoms with Crippen LogP contribution >= 0.6 is 0 Å². The number of benzene rings is 2. The maximum Gasteiger partial charge on any atom is 0.187 e. The van der Waals surface area contributed by atoms with Crippen LogP contribution < -0.4 is 10.5 Å². The van der Waals surface area contributed by atoms with Crippen molar-refractivity contribution in [1.29, 1.82) is 0 Å². The zero-order valence-electron chi connectivity index (χ0n) is 11.6. The molecule has 0 radical (unpaired) electrons. The highest BCUT2D eigenvalue weighted by molar-refractivity contribution is 6.02. The maximum atomic E-state index is 12.5. The number of nitrogens with two attached hydrogens (primary N) is 1. The summed E-state index contributed by atoms with van der Waals surface area (Å²) in [7, 11) is 0. The van der Waals surface area contributed by atoms with E-state index in [0.717, 1.165) is 12.0 Å². The molecule has 0 aliphatic rings. The van der Waals surface area contributed by atoms with Crippen molar-refractivity contribution in [2.45, 2.75) is 19.4 Å². The van der Waals surface area contributed by atoms with E-state index in [-0.39, 0.29) is 5.78 Å². The van der Waals surface area contributed by atoms with Crippen molar-refractivity contribution in [3.05, 3.63) is 65.7 Å². The summed E-state index contributed by atoms with van der Waals surface area (Å²) in [5, 5.41) is 0. The molecule has 2 aromatic rings. The minimum Gasteiger partial charge on any atom is -0.493 e. The van der Waals surface area contributed by atoms with Crippen molar-refractivity contribution in [3.63, 3.8) is 0 Å². The van der Waals surface area contributed by atoms with E-state index in [0.29, 0.717) is 17.9 Å². The van der Waals surface area contributed by atoms with Crippen LogP contribution in [0.2, 0.25) is 0 Å². The fraction of sp³-hybridized carbons (Fsp3) is 0.235. The third kappa shape index (κ3) is 3.25. The molecular weight excluding hydrogens is 250 g/mol. The van der Waals surface area contributed by atoms with Crippen LogP contribution in [0.1, 0.15) is 35.3 Å². The molecule has 0 aliphatic heterocycles. The van der Waals surface area contributed by atoms with Gasteiger partial charge in [0.2, 0.25) is 0 Å². The second-order valence-corrected chi connectivity index (χ2v) is 4.60. The number of hydrogen-bond donors (Lipinski definition) is 1. The van der Waals surface area contributed by atoms with E-state index in [1.54, 1.807) is 12.1 Å². The Balaban J connectivity index is 2.25. The van der Waals surface area contributed by atoms with Gasteiger partial charge in [-0.05, 0) is 24.1 Å². The van der Waals surface area contributed by atoms with Crippen molar-refractivity contribution in [2.24, 2.45) is 5.73 Å². The Labute approximate surface area is 119 Å². The normalized spacial score (nSPS) is 11.9. The van der Waals surface area contributed by atoms with Gasteiger partial charge in [-0.1, -0.05) is 49.4 Å². The third-order valence-corrected chi connectivity index (χ3v) is 3.06. The van der Waals surface area contributed by atoms with Gasteiger partial charge in [0.1, 0.15) is 5.75 Å². The van der Waals surface area contributed by atoms with Crippen molar-refractivity contribution < 1.29 is 9.53 Å². The van der Waals surface area contributed by atoms with Crippen LogP contribution in [0.15, 0.2) is 54.6 Å². The van der Waals surface area contributed by atoms with Crippen molar-refractivity contribution in [2.75, 3.05) is 6.61 Å². The summed E-state index contributed by atoms with van der Waals surface area (Å²) in [6.07, 6.45) is 0.896. The molecule has 3 nitrogen and oxygen atoms in total. The van der Waals surface area contributed by atoms with Crippen LogP contribution in [0.4, 0.5) is 0 Å². The van der Waals surface area contributed by atoms with Crippen LogP contribution in [0.25, 0.3) is 0 Å². The Morgan fingerprint density at radius 3 is 2.45 bits per heavy atom. The number of para-hydroxylation sites is 1. The van der Waals surface area contributed by atoms with E-state index in [4.69, 9.17) is 10.5 Å². The molecule has 3 heteroatoms. The van der Waals surface area contributed by atoms with Crippen molar-refractivity contribution in [3.8, 4) is 5.75 Å². The van der Waals surface area contributed by atoms with Gasteiger partial charge in [-0.25, -0.2) is 0 Å². The molecule has 0 heterocycles. The van der Waals surface area contributed by atoms with Gasteiger partial charge in [-0.15, -0.1) is 0 Å². The molecule has 1 atom stereocenters. The van der Waals surface area contributed by atoms with Gasteiger partial charge in [0, 0.05) is 0 Å². The molecule has 2 N–H and O–H groups in total. The van der Waals surface area contributed by atoms with Crippen LogP contribution in [0.5, 0.6) is 5.75 Å². The van der Waals surface area contributed by atoms with Gasteiger partial charge in [0.25, 0.3) is 0 Å². The van der Waals surface area contributed by atoms with E-state index in [1.807, 2.05) is 49.4 Å². The van der Waals surface area contributed by atoms with Crippen molar-refractivity contribution in [1.82, 2.24) is 0 Å². The molecule has 2 rings (SSSR count). The van der Waals surface area contributed by atoms with Gasteiger partial charge >= 0.3 is 0 Å². The summed E-state index contributed by atoms with van der Waals surface area (Å²) >= 11 is 0. The molecule has 0 aliphatic carbocycles. The Morgan fingerprint density at radius 1 is 1.10 bits per heavy atom. The summed E-state index contributed by atoms with van der Waals surface area (Å²) in [6.45, 7) is 2.62. The number of ketones is 1. The maximum absolute atomic E-state index is 12.5. The summed E-state index contributed by atoms with van der Waals surface area (Å²) in [6, 6.07) is 16.0. The first-order chi connectivity index (χ1) is 9.74. The largest absolute Gasteiger partial charge is 0.493 e. The molecule has 0 bridgehead atoms. The van der Waals surface area contributed by atoms with E-state index in [2.05, 4.69) is 0 Å². The first-order valence-corrected chi connectivity index (χ1v) is 6.80. The van der Waals surface area contributed by atoms with Gasteiger partial charge in [0.15, 0.2) is 5.78 Å². The second-order valence-electron chi connectivity index (χ2n) is 4.60. The van der Waals surface area contributed by atoms with E-state index >= 15 is 0 Å². The number of carbonyl (C=O) groups is 1. The summed E-state index contributed by atoms with van der Waals surface area (Å²) in [4.78, 5) is 12.5. The quantitative estimate of drug-likeness (QED) is 0.818. The standard InChI is InChI=1S/C17H19NO2/c1-2-12-20-15-11-7-6-10-14(15)17(19)16(18)13-8-4-3-5-9-13/h3-11,16H,2,12,18H2,1H3/t16-/m1/s1. The molecule has 20 heavy (non-hydrogen) atoms. The lowest BCUT2D eigenvalue weighted by Gasteiger charge is -2.14. The Kier molecular flexibility index (Phi) is 4.91. The number of ether oxygens (including phenoxy) is 1. The molecular formula is C17H19NO2. The molecule has 0 fully saturated rings. The van der Waals surface area contributed by atoms with E-state index < -0.39 is 6.04 Å². The Bertz CT molecular complexity index is 566. The van der Waals surface area contributed by atoms with Crippen LogP contribution in [-0.2, 0) is 0 Å². The Hall–Kier alpha value is -2.13. The molecule has 0 saturated heterocycles. The SMILES string of the molecule is CCCOc1ccccc1C(=O)[C@H](N)c1ccccc1. The summed E-state index contributed by atoms with van der Waals surface area (Å²) in [5.41, 5.74) is 7.41. The fourth-order valence-electron chi connectivity index (χ4n) is 1.99. The zero-order chi connectivity index (χ0) is 14.4. The van der Waals surface area contributed by atoms with Crippen molar-refractivity contribution >= 4 is 5.78 Å². The average molecular weight is 269 g/mol. The van der Waals surface area contributed by atoms with E-state index in [1.165, 1.54) is 0 Å². The van der Waals surface area contributed by atoms with Crippen LogP contribution in [0.3, 0.4) is 0 Å². The topological polar surface area (TPSA) is 52.3 Å². The minimum absolute atomic E-state index is 0.122. The molecule has 0 aromatic heterocycles. The monoisotopic (exact) mass is 269 g/mol. The zero-order valence-corrected chi connectivity index (χ0v) is 11.6. The minimum atomic E-state index is -0.664. The molecule has 0 saturated carbocycles. The fourth-order valence-corrected chi connectivity index (χ4v) is 1.99. The number of Topliss-reactive ketones (excluding diaryl/α,β-unsaturated/α-hetero) is 1. The molecule has 0 unspecified atom stereocenters. The predicted octanol–water partition coefficient (Wildman–Crippen LogP) is 3.36. The lowest BCUT2D eigenvalue weighted by atomic mass is 9.98. The van der Waals surface area contributed by atoms with E-state index in [9.17, 15) is 4.79 Å². The summed E-state index contributed by atoms with van der Waals surface area (Å²) < 4.78 is 5.62. The number of hydrogen-bond acceptors (Lipinski definition) is 3. The predicted molar refractivity (Wildman–Crippen MR) is 79.9 cm³/mol. The van der Waals surface area contributed by atoms with Gasteiger partial charge < -0.3 is 10.5 Å². The third-order valence-electron chi connectivity index (χ3n) is 3.06. The molecule has 104 valence electrons. The average Bonchev–Trinajstić information content (AvgIpc) is 2.52. The second kappa shape index (κ2) is 6.87. The van der Waals surface area contributed by atoms with Gasteiger partial charge in [-0.2, -0.15) is 0 Å². The van der Waals surface area contributed by atoms with Crippen LogP contribution in [0, 0.1) is 0 Å². The number of rotatable bonds is 6. The van der Waals surface area contributed by atoms with Gasteiger partial charge in [-0.3, -0.25) is 4.79 Å². The highest BCUT2D eigenvalue weighted by atomic mass is 16.5. The lowest BCUT2D eigenvalue weighted by molar-refractivity contribution is 0.0957. The highest BCUT2D eigenvalue weighted by Crippen LogP contribution is 2.24. The van der Waals surface area contributed by atoms with Gasteiger partial charge in [0.05, 0.1) is 18.2 Å². The first-order valence-electron chi connectivity index (χ1n) is 6.80. The summed E-state index contributed by atoms with van der Waals surface area (Å²) in [5.74, 6) is 0.480. The lowest BCUT2D eigenvalue weighted by Crippen LogP contribution is -2.22. The molecule has 0 amide bonds. The smallest absolute Gasteiger partial charge is 0.187 e. The Morgan fingerprint density at radius 2 is 1.75 bits per heavy atom.